The number of hydrogen-bond acceptors (Lipinski definition) is 4. The minimum absolute atomic E-state index is 0.123. The van der Waals surface area contributed by atoms with Crippen molar-refractivity contribution in [1.82, 2.24) is 5.32 Å². The minimum atomic E-state index is -0.928. The van der Waals surface area contributed by atoms with Crippen molar-refractivity contribution in [1.29, 1.82) is 0 Å². The van der Waals surface area contributed by atoms with Gasteiger partial charge in [-0.15, -0.1) is 0 Å². The third kappa shape index (κ3) is 4.07. The molecule has 2 heterocycles. The zero-order valence-electron chi connectivity index (χ0n) is 15.2. The third-order valence-electron chi connectivity index (χ3n) is 5.57. The summed E-state index contributed by atoms with van der Waals surface area (Å²) in [4.78, 5) is 24.6. The van der Waals surface area contributed by atoms with E-state index in [0.717, 1.165) is 24.0 Å². The topological polar surface area (TPSA) is 84.9 Å². The van der Waals surface area contributed by atoms with Gasteiger partial charge in [-0.05, 0) is 38.2 Å². The largest absolute Gasteiger partial charge is 0.481 e. The molecule has 2 atom stereocenters. The Hall–Kier alpha value is -1.92. The van der Waals surface area contributed by atoms with Gasteiger partial charge in [0, 0.05) is 26.4 Å². The molecule has 2 fully saturated rings. The van der Waals surface area contributed by atoms with E-state index in [9.17, 15) is 14.7 Å². The Bertz CT molecular complexity index is 636. The van der Waals surface area contributed by atoms with Crippen molar-refractivity contribution < 1.29 is 24.2 Å². The first-order valence-electron chi connectivity index (χ1n) is 9.29. The maximum absolute atomic E-state index is 12.8. The molecule has 142 valence electrons. The Balaban J connectivity index is 1.68. The third-order valence-corrected chi connectivity index (χ3v) is 5.57. The molecule has 1 aromatic rings. The van der Waals surface area contributed by atoms with Gasteiger partial charge in [0.25, 0.3) is 0 Å². The van der Waals surface area contributed by atoms with Crippen LogP contribution in [0.3, 0.4) is 0 Å². The van der Waals surface area contributed by atoms with E-state index in [2.05, 4.69) is 5.32 Å². The summed E-state index contributed by atoms with van der Waals surface area (Å²) in [5.74, 6) is -1.28. The van der Waals surface area contributed by atoms with Gasteiger partial charge in [0.15, 0.2) is 0 Å². The summed E-state index contributed by atoms with van der Waals surface area (Å²) in [6.07, 6.45) is 2.14. The Labute approximate surface area is 153 Å². The number of carboxylic acids is 1. The van der Waals surface area contributed by atoms with Crippen molar-refractivity contribution in [2.75, 3.05) is 26.4 Å². The fraction of sp³-hybridized carbons (Fsp3) is 0.600. The summed E-state index contributed by atoms with van der Waals surface area (Å²) < 4.78 is 11.2. The van der Waals surface area contributed by atoms with E-state index < -0.39 is 11.4 Å². The molecule has 3 rings (SSSR count). The van der Waals surface area contributed by atoms with Gasteiger partial charge in [-0.2, -0.15) is 0 Å². The molecule has 1 aromatic carbocycles. The van der Waals surface area contributed by atoms with Gasteiger partial charge in [-0.3, -0.25) is 9.59 Å². The molecule has 26 heavy (non-hydrogen) atoms. The standard InChI is InChI=1S/C20H27NO5/c1-14-4-6-15(7-5-14)17-16(3-2-10-26-17)18(22)21-13-20(19(23)24)8-11-25-12-9-20/h4-7,16-17H,2-3,8-13H2,1H3,(H,21,22)(H,23,24). The van der Waals surface area contributed by atoms with Crippen LogP contribution in [-0.2, 0) is 19.1 Å². The van der Waals surface area contributed by atoms with Crippen LogP contribution < -0.4 is 5.32 Å². The first-order chi connectivity index (χ1) is 12.5. The molecular weight excluding hydrogens is 334 g/mol. The van der Waals surface area contributed by atoms with Crippen molar-refractivity contribution in [2.45, 2.75) is 38.7 Å². The zero-order chi connectivity index (χ0) is 18.6. The molecule has 0 spiro atoms. The molecule has 1 amide bonds. The molecule has 0 bridgehead atoms. The zero-order valence-corrected chi connectivity index (χ0v) is 15.2. The van der Waals surface area contributed by atoms with Gasteiger partial charge >= 0.3 is 5.97 Å². The normalized spacial score (nSPS) is 25.4. The van der Waals surface area contributed by atoms with E-state index in [1.807, 2.05) is 31.2 Å². The lowest BCUT2D eigenvalue weighted by Crippen LogP contribution is -2.48. The van der Waals surface area contributed by atoms with Crippen LogP contribution in [0.25, 0.3) is 0 Å². The summed E-state index contributed by atoms with van der Waals surface area (Å²) in [5.41, 5.74) is 1.23. The van der Waals surface area contributed by atoms with Crippen LogP contribution in [-0.4, -0.2) is 43.3 Å². The average Bonchev–Trinajstić information content (AvgIpc) is 2.67. The second-order valence-electron chi connectivity index (χ2n) is 7.37. The lowest BCUT2D eigenvalue weighted by atomic mass is 9.80. The predicted molar refractivity (Wildman–Crippen MR) is 95.7 cm³/mol. The van der Waals surface area contributed by atoms with Crippen LogP contribution in [0.5, 0.6) is 0 Å². The highest BCUT2D eigenvalue weighted by atomic mass is 16.5. The number of rotatable bonds is 5. The number of aliphatic carboxylic acids is 1. The van der Waals surface area contributed by atoms with Gasteiger partial charge in [0.05, 0.1) is 17.4 Å². The maximum Gasteiger partial charge on any atom is 0.311 e. The van der Waals surface area contributed by atoms with Crippen LogP contribution in [0.15, 0.2) is 24.3 Å². The number of carbonyl (C=O) groups is 2. The van der Waals surface area contributed by atoms with Crippen LogP contribution in [0.2, 0.25) is 0 Å². The smallest absolute Gasteiger partial charge is 0.311 e. The molecule has 6 heteroatoms. The molecule has 0 aliphatic carbocycles. The van der Waals surface area contributed by atoms with Gasteiger partial charge in [0.2, 0.25) is 5.91 Å². The monoisotopic (exact) mass is 361 g/mol. The van der Waals surface area contributed by atoms with Gasteiger partial charge in [0.1, 0.15) is 0 Å². The minimum Gasteiger partial charge on any atom is -0.481 e. The van der Waals surface area contributed by atoms with Crippen LogP contribution in [0.1, 0.15) is 42.9 Å². The van der Waals surface area contributed by atoms with Crippen LogP contribution in [0.4, 0.5) is 0 Å². The summed E-state index contributed by atoms with van der Waals surface area (Å²) >= 11 is 0. The number of amides is 1. The quantitative estimate of drug-likeness (QED) is 0.841. The molecule has 6 nitrogen and oxygen atoms in total. The van der Waals surface area contributed by atoms with Gasteiger partial charge < -0.3 is 19.9 Å². The van der Waals surface area contributed by atoms with Crippen LogP contribution >= 0.6 is 0 Å². The molecule has 0 aromatic heterocycles. The second-order valence-corrected chi connectivity index (χ2v) is 7.37. The van der Waals surface area contributed by atoms with E-state index in [1.54, 1.807) is 0 Å². The summed E-state index contributed by atoms with van der Waals surface area (Å²) in [5, 5.41) is 12.5. The molecule has 0 saturated carbocycles. The molecule has 2 saturated heterocycles. The van der Waals surface area contributed by atoms with Crippen molar-refractivity contribution in [2.24, 2.45) is 11.3 Å². The summed E-state index contributed by atoms with van der Waals surface area (Å²) in [7, 11) is 0. The second kappa shape index (κ2) is 8.18. The Morgan fingerprint density at radius 3 is 2.54 bits per heavy atom. The predicted octanol–water partition coefficient (Wildman–Crippen LogP) is 2.46. The summed E-state index contributed by atoms with van der Waals surface area (Å²) in [6.45, 7) is 3.64. The van der Waals surface area contributed by atoms with Gasteiger partial charge in [-0.1, -0.05) is 29.8 Å². The van der Waals surface area contributed by atoms with E-state index >= 15 is 0 Å². The number of ether oxygens (including phenoxy) is 2. The van der Waals surface area contributed by atoms with Crippen LogP contribution in [0, 0.1) is 18.3 Å². The fourth-order valence-corrected chi connectivity index (χ4v) is 3.75. The number of benzene rings is 1. The Morgan fingerprint density at radius 2 is 1.88 bits per heavy atom. The lowest BCUT2D eigenvalue weighted by Gasteiger charge is -2.35. The van der Waals surface area contributed by atoms with Crippen molar-refractivity contribution >= 4 is 11.9 Å². The highest BCUT2D eigenvalue weighted by Gasteiger charge is 2.41. The number of hydrogen-bond donors (Lipinski definition) is 2. The maximum atomic E-state index is 12.8. The first-order valence-corrected chi connectivity index (χ1v) is 9.29. The molecule has 2 N–H and O–H groups in total. The SMILES string of the molecule is Cc1ccc(C2OCCCC2C(=O)NCC2(C(=O)O)CCOCC2)cc1. The molecule has 2 aliphatic heterocycles. The Kier molecular flexibility index (Phi) is 5.94. The number of aryl methyl sites for hydroxylation is 1. The van der Waals surface area contributed by atoms with E-state index in [1.165, 1.54) is 0 Å². The highest BCUT2D eigenvalue weighted by Crippen LogP contribution is 2.35. The number of nitrogens with one attached hydrogen (secondary N) is 1. The molecule has 2 unspecified atom stereocenters. The van der Waals surface area contributed by atoms with Crippen molar-refractivity contribution in [3.8, 4) is 0 Å². The summed E-state index contributed by atoms with van der Waals surface area (Å²) in [6, 6.07) is 8.04. The fourth-order valence-electron chi connectivity index (χ4n) is 3.75. The molecular formula is C20H27NO5. The number of carbonyl (C=O) groups excluding carboxylic acids is 1. The number of carboxylic acid groups (broad SMARTS) is 1. The average molecular weight is 361 g/mol. The Morgan fingerprint density at radius 1 is 1.19 bits per heavy atom. The molecule has 0 radical (unpaired) electrons. The van der Waals surface area contributed by atoms with Crippen molar-refractivity contribution in [3.05, 3.63) is 35.4 Å². The van der Waals surface area contributed by atoms with Crippen molar-refractivity contribution in [3.63, 3.8) is 0 Å². The lowest BCUT2D eigenvalue weighted by molar-refractivity contribution is -0.155. The van der Waals surface area contributed by atoms with E-state index in [0.29, 0.717) is 32.7 Å². The highest BCUT2D eigenvalue weighted by molar-refractivity contribution is 5.81. The van der Waals surface area contributed by atoms with Gasteiger partial charge in [-0.25, -0.2) is 0 Å². The first kappa shape index (κ1) is 18.9. The van der Waals surface area contributed by atoms with E-state index in [-0.39, 0.29) is 24.5 Å². The van der Waals surface area contributed by atoms with E-state index in [4.69, 9.17) is 9.47 Å². The molecule has 2 aliphatic rings.